The minimum atomic E-state index is -0.753. The lowest BCUT2D eigenvalue weighted by molar-refractivity contribution is -0.150. The van der Waals surface area contributed by atoms with Crippen molar-refractivity contribution >= 4 is 18.2 Å². The standard InChI is InChI=1S/C10H16O5/c1-3-14-10(13)6-4-5-9(7-11)15-8(2)12/h7,9H,3-6H2,1-2H3/t9-/m0/s1. The maximum absolute atomic E-state index is 10.9. The van der Waals surface area contributed by atoms with Crippen molar-refractivity contribution in [3.05, 3.63) is 0 Å². The van der Waals surface area contributed by atoms with E-state index in [0.29, 0.717) is 25.7 Å². The zero-order valence-corrected chi connectivity index (χ0v) is 9.02. The highest BCUT2D eigenvalue weighted by molar-refractivity contribution is 5.70. The van der Waals surface area contributed by atoms with E-state index in [1.54, 1.807) is 6.92 Å². The van der Waals surface area contributed by atoms with Gasteiger partial charge in [0, 0.05) is 13.3 Å². The number of esters is 2. The van der Waals surface area contributed by atoms with Crippen molar-refractivity contribution in [2.45, 2.75) is 39.2 Å². The Kier molecular flexibility index (Phi) is 7.23. The van der Waals surface area contributed by atoms with Gasteiger partial charge in [0.2, 0.25) is 0 Å². The van der Waals surface area contributed by atoms with Crippen LogP contribution in [0.1, 0.15) is 33.1 Å². The molecule has 1 atom stereocenters. The van der Waals surface area contributed by atoms with Gasteiger partial charge in [-0.05, 0) is 19.8 Å². The predicted octanol–water partition coefficient (Wildman–Crippen LogP) is 0.850. The molecule has 0 heterocycles. The molecule has 0 bridgehead atoms. The van der Waals surface area contributed by atoms with E-state index < -0.39 is 12.1 Å². The fraction of sp³-hybridized carbons (Fsp3) is 0.700. The number of hydrogen-bond acceptors (Lipinski definition) is 5. The Hall–Kier alpha value is -1.39. The second-order valence-corrected chi connectivity index (χ2v) is 2.98. The van der Waals surface area contributed by atoms with Gasteiger partial charge in [0.1, 0.15) is 0 Å². The van der Waals surface area contributed by atoms with E-state index >= 15 is 0 Å². The fourth-order valence-corrected chi connectivity index (χ4v) is 1.05. The first-order valence-electron chi connectivity index (χ1n) is 4.88. The first-order chi connectivity index (χ1) is 7.10. The van der Waals surface area contributed by atoms with E-state index in [4.69, 9.17) is 4.74 Å². The third kappa shape index (κ3) is 7.66. The normalized spacial score (nSPS) is 11.6. The van der Waals surface area contributed by atoms with Gasteiger partial charge in [-0.25, -0.2) is 0 Å². The van der Waals surface area contributed by atoms with Crippen LogP contribution in [0.4, 0.5) is 0 Å². The van der Waals surface area contributed by atoms with Crippen LogP contribution in [0.15, 0.2) is 0 Å². The third-order valence-corrected chi connectivity index (χ3v) is 1.64. The summed E-state index contributed by atoms with van der Waals surface area (Å²) in [6.07, 6.45) is 0.862. The maximum atomic E-state index is 10.9. The number of rotatable bonds is 7. The van der Waals surface area contributed by atoms with Gasteiger partial charge >= 0.3 is 11.9 Å². The molecule has 0 amide bonds. The lowest BCUT2D eigenvalue weighted by atomic mass is 10.1. The van der Waals surface area contributed by atoms with Gasteiger partial charge in [-0.1, -0.05) is 0 Å². The van der Waals surface area contributed by atoms with Crippen LogP contribution < -0.4 is 0 Å². The molecule has 0 saturated carbocycles. The predicted molar refractivity (Wildman–Crippen MR) is 52.1 cm³/mol. The Morgan fingerprint density at radius 1 is 1.40 bits per heavy atom. The highest BCUT2D eigenvalue weighted by Gasteiger charge is 2.11. The lowest BCUT2D eigenvalue weighted by Crippen LogP contribution is -2.18. The van der Waals surface area contributed by atoms with Crippen LogP contribution in [0.3, 0.4) is 0 Å². The molecule has 0 aromatic heterocycles. The minimum absolute atomic E-state index is 0.236. The van der Waals surface area contributed by atoms with E-state index in [9.17, 15) is 14.4 Å². The number of ether oxygens (including phenoxy) is 2. The van der Waals surface area contributed by atoms with Crippen LogP contribution in [0, 0.1) is 0 Å². The van der Waals surface area contributed by atoms with E-state index in [1.807, 2.05) is 0 Å². The third-order valence-electron chi connectivity index (χ3n) is 1.64. The van der Waals surface area contributed by atoms with E-state index in [0.717, 1.165) is 0 Å². The summed E-state index contributed by atoms with van der Waals surface area (Å²) < 4.78 is 9.39. The van der Waals surface area contributed by atoms with Crippen LogP contribution in [0.2, 0.25) is 0 Å². The smallest absolute Gasteiger partial charge is 0.305 e. The van der Waals surface area contributed by atoms with Crippen molar-refractivity contribution in [2.24, 2.45) is 0 Å². The Morgan fingerprint density at radius 3 is 2.53 bits per heavy atom. The average molecular weight is 216 g/mol. The molecule has 15 heavy (non-hydrogen) atoms. The molecule has 0 aliphatic heterocycles. The number of carbonyl (C=O) groups is 3. The molecule has 86 valence electrons. The van der Waals surface area contributed by atoms with E-state index in [-0.39, 0.29) is 12.4 Å². The molecule has 0 radical (unpaired) electrons. The molecular weight excluding hydrogens is 200 g/mol. The summed E-state index contributed by atoms with van der Waals surface area (Å²) in [7, 11) is 0. The van der Waals surface area contributed by atoms with Crippen molar-refractivity contribution < 1.29 is 23.9 Å². The first kappa shape index (κ1) is 13.6. The fourth-order valence-electron chi connectivity index (χ4n) is 1.05. The summed E-state index contributed by atoms with van der Waals surface area (Å²) in [5.74, 6) is -0.798. The zero-order valence-electron chi connectivity index (χ0n) is 9.02. The molecule has 0 aliphatic rings. The van der Waals surface area contributed by atoms with Crippen molar-refractivity contribution in [1.82, 2.24) is 0 Å². The monoisotopic (exact) mass is 216 g/mol. The molecule has 0 aromatic rings. The van der Waals surface area contributed by atoms with Crippen molar-refractivity contribution in [3.63, 3.8) is 0 Å². The summed E-state index contributed by atoms with van der Waals surface area (Å²) >= 11 is 0. The van der Waals surface area contributed by atoms with E-state index in [2.05, 4.69) is 4.74 Å². The Bertz CT molecular complexity index is 224. The van der Waals surface area contributed by atoms with Crippen molar-refractivity contribution in [3.8, 4) is 0 Å². The van der Waals surface area contributed by atoms with Gasteiger partial charge in [0.05, 0.1) is 6.61 Å². The topological polar surface area (TPSA) is 69.7 Å². The highest BCUT2D eigenvalue weighted by Crippen LogP contribution is 2.04. The van der Waals surface area contributed by atoms with Crippen molar-refractivity contribution in [1.29, 1.82) is 0 Å². The summed E-state index contributed by atoms with van der Waals surface area (Å²) in [5, 5.41) is 0. The molecule has 0 aromatic carbocycles. The Labute approximate surface area is 88.7 Å². The molecule has 0 saturated heterocycles. The van der Waals surface area contributed by atoms with Crippen molar-refractivity contribution in [2.75, 3.05) is 6.61 Å². The number of hydrogen-bond donors (Lipinski definition) is 0. The molecular formula is C10H16O5. The Balaban J connectivity index is 3.67. The van der Waals surface area contributed by atoms with Gasteiger partial charge in [-0.2, -0.15) is 0 Å². The summed E-state index contributed by atoms with van der Waals surface area (Å²) in [5.41, 5.74) is 0. The van der Waals surface area contributed by atoms with Crippen LogP contribution in [-0.4, -0.2) is 30.9 Å². The molecule has 5 heteroatoms. The largest absolute Gasteiger partial charge is 0.466 e. The molecule has 0 N–H and O–H groups in total. The Morgan fingerprint density at radius 2 is 2.07 bits per heavy atom. The first-order valence-corrected chi connectivity index (χ1v) is 4.88. The summed E-state index contributed by atoms with van der Waals surface area (Å²) in [4.78, 5) is 31.9. The van der Waals surface area contributed by atoms with Crippen LogP contribution in [0.25, 0.3) is 0 Å². The maximum Gasteiger partial charge on any atom is 0.305 e. The molecule has 0 aliphatic carbocycles. The van der Waals surface area contributed by atoms with E-state index in [1.165, 1.54) is 6.92 Å². The van der Waals surface area contributed by atoms with Gasteiger partial charge in [-0.15, -0.1) is 0 Å². The highest BCUT2D eigenvalue weighted by atomic mass is 16.5. The lowest BCUT2D eigenvalue weighted by Gasteiger charge is -2.09. The van der Waals surface area contributed by atoms with Crippen LogP contribution >= 0.6 is 0 Å². The quantitative estimate of drug-likeness (QED) is 0.466. The van der Waals surface area contributed by atoms with Crippen LogP contribution in [0.5, 0.6) is 0 Å². The average Bonchev–Trinajstić information content (AvgIpc) is 2.16. The molecule has 0 spiro atoms. The number of aldehydes is 1. The van der Waals surface area contributed by atoms with Gasteiger partial charge in [0.15, 0.2) is 12.4 Å². The van der Waals surface area contributed by atoms with Crippen LogP contribution in [-0.2, 0) is 23.9 Å². The van der Waals surface area contributed by atoms with Gasteiger partial charge < -0.3 is 9.47 Å². The van der Waals surface area contributed by atoms with Gasteiger partial charge in [0.25, 0.3) is 0 Å². The second-order valence-electron chi connectivity index (χ2n) is 2.98. The number of carbonyl (C=O) groups excluding carboxylic acids is 3. The molecule has 5 nitrogen and oxygen atoms in total. The molecule has 0 rings (SSSR count). The summed E-state index contributed by atoms with van der Waals surface area (Å²) in [6, 6.07) is 0. The summed E-state index contributed by atoms with van der Waals surface area (Å²) in [6.45, 7) is 3.31. The molecule has 0 fully saturated rings. The SMILES string of the molecule is CCOC(=O)CCC[C@@H](C=O)OC(C)=O. The zero-order chi connectivity index (χ0) is 11.7. The second kappa shape index (κ2) is 7.96. The van der Waals surface area contributed by atoms with Gasteiger partial charge in [-0.3, -0.25) is 14.4 Å². The minimum Gasteiger partial charge on any atom is -0.466 e. The molecule has 0 unspecified atom stereocenters.